The quantitative estimate of drug-likeness (QED) is 0.883. The second-order valence-corrected chi connectivity index (χ2v) is 5.06. The molecule has 92 valence electrons. The Morgan fingerprint density at radius 2 is 2.06 bits per heavy atom. The van der Waals surface area contributed by atoms with E-state index in [1.807, 2.05) is 24.3 Å². The number of halogens is 1. The molecule has 1 aromatic rings. The number of benzene rings is 1. The van der Waals surface area contributed by atoms with Crippen LogP contribution in [0.4, 0.5) is 0 Å². The monoisotopic (exact) mass is 251 g/mol. The van der Waals surface area contributed by atoms with Gasteiger partial charge >= 0.3 is 0 Å². The van der Waals surface area contributed by atoms with Gasteiger partial charge in [-0.1, -0.05) is 25.1 Å². The molecule has 1 aromatic carbocycles. The molecule has 0 radical (unpaired) electrons. The fourth-order valence-electron chi connectivity index (χ4n) is 2.38. The van der Waals surface area contributed by atoms with Crippen LogP contribution in [0.2, 0.25) is 5.02 Å². The lowest BCUT2D eigenvalue weighted by Crippen LogP contribution is -2.26. The van der Waals surface area contributed by atoms with E-state index in [9.17, 15) is 0 Å². The topological polar surface area (TPSA) is 21.3 Å². The fourth-order valence-corrected chi connectivity index (χ4v) is 2.50. The Bertz CT molecular complexity index is 376. The first-order valence-corrected chi connectivity index (χ1v) is 6.36. The largest absolute Gasteiger partial charge is 0.490 e. The summed E-state index contributed by atoms with van der Waals surface area (Å²) in [6.07, 6.45) is 4.15. The van der Waals surface area contributed by atoms with E-state index >= 15 is 0 Å². The van der Waals surface area contributed by atoms with Gasteiger partial charge in [0.15, 0.2) is 0 Å². The van der Waals surface area contributed by atoms with Crippen molar-refractivity contribution in [3.05, 3.63) is 42.1 Å². The molecule has 3 heteroatoms. The summed E-state index contributed by atoms with van der Waals surface area (Å²) in [6.45, 7) is 5.95. The standard InChI is InChI=1S/C14H18ClNO/c1-3-16-14-9-13(8-10(14)2)17-12-6-4-11(15)5-7-12/h3-7,10,13-14,16H,1,8-9H2,2H3. The number of nitrogens with one attached hydrogen (secondary N) is 1. The van der Waals surface area contributed by atoms with Gasteiger partial charge in [-0.15, -0.1) is 0 Å². The first-order chi connectivity index (χ1) is 8.19. The van der Waals surface area contributed by atoms with Crippen LogP contribution in [0, 0.1) is 5.92 Å². The maximum Gasteiger partial charge on any atom is 0.119 e. The first kappa shape index (κ1) is 12.3. The Balaban J connectivity index is 1.92. The van der Waals surface area contributed by atoms with Crippen LogP contribution in [-0.2, 0) is 0 Å². The van der Waals surface area contributed by atoms with Crippen molar-refractivity contribution >= 4 is 11.6 Å². The molecular weight excluding hydrogens is 234 g/mol. The summed E-state index contributed by atoms with van der Waals surface area (Å²) in [5, 5.41) is 4.02. The highest BCUT2D eigenvalue weighted by atomic mass is 35.5. The molecule has 1 aliphatic rings. The summed E-state index contributed by atoms with van der Waals surface area (Å²) < 4.78 is 5.94. The minimum absolute atomic E-state index is 0.281. The minimum Gasteiger partial charge on any atom is -0.490 e. The molecule has 1 aliphatic carbocycles. The van der Waals surface area contributed by atoms with E-state index in [0.717, 1.165) is 23.6 Å². The molecule has 0 spiro atoms. The van der Waals surface area contributed by atoms with Crippen molar-refractivity contribution in [3.8, 4) is 5.75 Å². The third-order valence-electron chi connectivity index (χ3n) is 3.29. The van der Waals surface area contributed by atoms with Crippen molar-refractivity contribution in [1.29, 1.82) is 0 Å². The van der Waals surface area contributed by atoms with Crippen molar-refractivity contribution in [3.63, 3.8) is 0 Å². The molecule has 1 N–H and O–H groups in total. The van der Waals surface area contributed by atoms with E-state index < -0.39 is 0 Å². The number of ether oxygens (including phenoxy) is 1. The summed E-state index contributed by atoms with van der Waals surface area (Å²) in [7, 11) is 0. The molecule has 3 unspecified atom stereocenters. The zero-order valence-electron chi connectivity index (χ0n) is 10.0. The average Bonchev–Trinajstić information content (AvgIpc) is 2.63. The van der Waals surface area contributed by atoms with Gasteiger partial charge in [0.05, 0.1) is 0 Å². The lowest BCUT2D eigenvalue weighted by molar-refractivity contribution is 0.204. The molecule has 2 rings (SSSR count). The lowest BCUT2D eigenvalue weighted by Gasteiger charge is -2.14. The smallest absolute Gasteiger partial charge is 0.119 e. The van der Waals surface area contributed by atoms with Crippen LogP contribution in [0.25, 0.3) is 0 Å². The highest BCUT2D eigenvalue weighted by Crippen LogP contribution is 2.29. The second-order valence-electron chi connectivity index (χ2n) is 4.62. The summed E-state index contributed by atoms with van der Waals surface area (Å²) in [4.78, 5) is 0. The molecule has 0 saturated heterocycles. The van der Waals surface area contributed by atoms with E-state index in [0.29, 0.717) is 12.0 Å². The number of hydrogen-bond donors (Lipinski definition) is 1. The van der Waals surface area contributed by atoms with Gasteiger partial charge < -0.3 is 10.1 Å². The molecule has 3 atom stereocenters. The predicted octanol–water partition coefficient (Wildman–Crippen LogP) is 3.62. The summed E-state index contributed by atoms with van der Waals surface area (Å²) in [5.74, 6) is 1.51. The van der Waals surface area contributed by atoms with Crippen molar-refractivity contribution < 1.29 is 4.74 Å². The molecule has 1 saturated carbocycles. The molecule has 2 nitrogen and oxygen atoms in total. The summed E-state index contributed by atoms with van der Waals surface area (Å²) >= 11 is 5.84. The Morgan fingerprint density at radius 3 is 2.71 bits per heavy atom. The Kier molecular flexibility index (Phi) is 3.95. The van der Waals surface area contributed by atoms with Crippen LogP contribution in [0.15, 0.2) is 37.0 Å². The minimum atomic E-state index is 0.281. The Morgan fingerprint density at radius 1 is 1.35 bits per heavy atom. The van der Waals surface area contributed by atoms with Gasteiger partial charge in [0, 0.05) is 17.5 Å². The highest BCUT2D eigenvalue weighted by molar-refractivity contribution is 6.30. The third kappa shape index (κ3) is 3.16. The molecule has 0 aliphatic heterocycles. The van der Waals surface area contributed by atoms with Crippen LogP contribution < -0.4 is 10.1 Å². The van der Waals surface area contributed by atoms with Gasteiger partial charge in [0.1, 0.15) is 11.9 Å². The molecular formula is C14H18ClNO. The molecule has 0 aromatic heterocycles. The van der Waals surface area contributed by atoms with Crippen LogP contribution >= 0.6 is 11.6 Å². The molecule has 0 amide bonds. The maximum atomic E-state index is 5.94. The lowest BCUT2D eigenvalue weighted by atomic mass is 10.1. The normalized spacial score (nSPS) is 27.8. The average molecular weight is 252 g/mol. The van der Waals surface area contributed by atoms with Gasteiger partial charge in [-0.2, -0.15) is 0 Å². The molecule has 1 fully saturated rings. The molecule has 0 bridgehead atoms. The van der Waals surface area contributed by atoms with Gasteiger partial charge in [-0.05, 0) is 42.8 Å². The Hall–Kier alpha value is -1.15. The zero-order valence-corrected chi connectivity index (χ0v) is 10.8. The number of hydrogen-bond acceptors (Lipinski definition) is 2. The highest BCUT2D eigenvalue weighted by Gasteiger charge is 2.31. The third-order valence-corrected chi connectivity index (χ3v) is 3.54. The van der Waals surface area contributed by atoms with Gasteiger partial charge in [0.2, 0.25) is 0 Å². The Labute approximate surface area is 108 Å². The van der Waals surface area contributed by atoms with E-state index in [1.54, 1.807) is 6.20 Å². The summed E-state index contributed by atoms with van der Waals surface area (Å²) in [5.41, 5.74) is 0. The fraction of sp³-hybridized carbons (Fsp3) is 0.429. The molecule has 0 heterocycles. The van der Waals surface area contributed by atoms with Crippen LogP contribution in [0.5, 0.6) is 5.75 Å². The molecule has 17 heavy (non-hydrogen) atoms. The van der Waals surface area contributed by atoms with E-state index in [-0.39, 0.29) is 6.10 Å². The van der Waals surface area contributed by atoms with Crippen molar-refractivity contribution in [2.75, 3.05) is 0 Å². The van der Waals surface area contributed by atoms with Crippen LogP contribution in [0.3, 0.4) is 0 Å². The predicted molar refractivity (Wildman–Crippen MR) is 71.4 cm³/mol. The number of rotatable bonds is 4. The van der Waals surface area contributed by atoms with E-state index in [1.165, 1.54) is 0 Å². The van der Waals surface area contributed by atoms with E-state index in [2.05, 4.69) is 18.8 Å². The summed E-state index contributed by atoms with van der Waals surface area (Å²) in [6, 6.07) is 8.02. The maximum absolute atomic E-state index is 5.94. The van der Waals surface area contributed by atoms with Crippen LogP contribution in [-0.4, -0.2) is 12.1 Å². The van der Waals surface area contributed by atoms with Gasteiger partial charge in [-0.3, -0.25) is 0 Å². The van der Waals surface area contributed by atoms with Gasteiger partial charge in [-0.25, -0.2) is 0 Å². The van der Waals surface area contributed by atoms with Crippen molar-refractivity contribution in [2.45, 2.75) is 31.9 Å². The van der Waals surface area contributed by atoms with Gasteiger partial charge in [0.25, 0.3) is 0 Å². The van der Waals surface area contributed by atoms with E-state index in [4.69, 9.17) is 16.3 Å². The van der Waals surface area contributed by atoms with Crippen molar-refractivity contribution in [2.24, 2.45) is 5.92 Å². The second kappa shape index (κ2) is 5.46. The van der Waals surface area contributed by atoms with Crippen LogP contribution in [0.1, 0.15) is 19.8 Å². The SMILES string of the molecule is C=CNC1CC(Oc2ccc(Cl)cc2)CC1C. The van der Waals surface area contributed by atoms with Crippen molar-refractivity contribution in [1.82, 2.24) is 5.32 Å². The first-order valence-electron chi connectivity index (χ1n) is 5.98. The zero-order chi connectivity index (χ0) is 12.3.